The Balaban J connectivity index is 2.71. The van der Waals surface area contributed by atoms with E-state index in [0.29, 0.717) is 0 Å². The number of carbonyl (C=O) groups excluding carboxylic acids is 2. The molecule has 0 saturated carbocycles. The Morgan fingerprint density at radius 3 is 2.53 bits per heavy atom. The minimum Gasteiger partial charge on any atom is -0.458 e. The molecule has 0 aromatic heterocycles. The summed E-state index contributed by atoms with van der Waals surface area (Å²) in [5, 5.41) is 9.55. The van der Waals surface area contributed by atoms with Crippen LogP contribution in [0.25, 0.3) is 0 Å². The molecule has 5 nitrogen and oxygen atoms in total. The van der Waals surface area contributed by atoms with Crippen LogP contribution in [0, 0.1) is 5.92 Å². The number of rotatable bonds is 3. The highest BCUT2D eigenvalue weighted by Crippen LogP contribution is 2.24. The highest BCUT2D eigenvalue weighted by molar-refractivity contribution is 5.73. The first-order valence-electron chi connectivity index (χ1n) is 4.96. The molecule has 86 valence electrons. The van der Waals surface area contributed by atoms with Crippen molar-refractivity contribution in [1.82, 2.24) is 0 Å². The fourth-order valence-electron chi connectivity index (χ4n) is 1.63. The van der Waals surface area contributed by atoms with Gasteiger partial charge in [0.05, 0.1) is 6.42 Å². The van der Waals surface area contributed by atoms with Crippen LogP contribution < -0.4 is 0 Å². The number of hydrogen-bond donors (Lipinski definition) is 1. The fraction of sp³-hybridized carbons (Fsp3) is 0.800. The topological polar surface area (TPSA) is 72.8 Å². The van der Waals surface area contributed by atoms with Gasteiger partial charge in [-0.05, 0) is 5.92 Å². The van der Waals surface area contributed by atoms with Gasteiger partial charge in [-0.25, -0.2) is 0 Å². The standard InChI is InChI=1S/C10H16O5/c1-5(2)9(14-6(3)11)10-7(12)4-8(13)15-10/h5,7,9-10,12H,4H2,1-3H3/t7-,9+,10-/m1/s1. The summed E-state index contributed by atoms with van der Waals surface area (Å²) in [6, 6.07) is 0. The second kappa shape index (κ2) is 4.61. The lowest BCUT2D eigenvalue weighted by Gasteiger charge is -2.27. The first-order chi connectivity index (χ1) is 6.91. The van der Waals surface area contributed by atoms with Crippen LogP contribution in [0.15, 0.2) is 0 Å². The number of hydrogen-bond acceptors (Lipinski definition) is 5. The SMILES string of the molecule is CC(=O)O[C@@H](C(C)C)[C@@H]1OC(=O)C[C@H]1O. The number of ether oxygens (including phenoxy) is 2. The van der Waals surface area contributed by atoms with Gasteiger partial charge in [0, 0.05) is 6.92 Å². The van der Waals surface area contributed by atoms with Crippen LogP contribution in [0.4, 0.5) is 0 Å². The van der Waals surface area contributed by atoms with E-state index in [1.54, 1.807) is 0 Å². The van der Waals surface area contributed by atoms with Gasteiger partial charge in [0.2, 0.25) is 0 Å². The maximum absolute atomic E-state index is 11.0. The summed E-state index contributed by atoms with van der Waals surface area (Å²) in [7, 11) is 0. The van der Waals surface area contributed by atoms with Gasteiger partial charge in [-0.2, -0.15) is 0 Å². The van der Waals surface area contributed by atoms with Gasteiger partial charge in [-0.3, -0.25) is 9.59 Å². The van der Waals surface area contributed by atoms with Gasteiger partial charge in [0.15, 0.2) is 6.10 Å². The molecule has 0 aliphatic carbocycles. The van der Waals surface area contributed by atoms with Crippen molar-refractivity contribution in [2.75, 3.05) is 0 Å². The minimum atomic E-state index is -0.885. The van der Waals surface area contributed by atoms with Crippen LogP contribution in [0.3, 0.4) is 0 Å². The Kier molecular flexibility index (Phi) is 3.68. The van der Waals surface area contributed by atoms with E-state index in [-0.39, 0.29) is 12.3 Å². The number of aliphatic hydroxyl groups is 1. The fourth-order valence-corrected chi connectivity index (χ4v) is 1.63. The predicted octanol–water partition coefficient (Wildman–Crippen LogP) is 0.251. The molecule has 1 heterocycles. The maximum Gasteiger partial charge on any atom is 0.309 e. The molecule has 0 bridgehead atoms. The minimum absolute atomic E-state index is 0.0144. The van der Waals surface area contributed by atoms with E-state index >= 15 is 0 Å². The monoisotopic (exact) mass is 216 g/mol. The summed E-state index contributed by atoms with van der Waals surface area (Å²) in [6.07, 6.45) is -2.23. The maximum atomic E-state index is 11.0. The van der Waals surface area contributed by atoms with E-state index in [4.69, 9.17) is 9.47 Å². The van der Waals surface area contributed by atoms with E-state index in [2.05, 4.69) is 0 Å². The van der Waals surface area contributed by atoms with Gasteiger partial charge >= 0.3 is 11.9 Å². The molecule has 1 fully saturated rings. The lowest BCUT2D eigenvalue weighted by atomic mass is 9.98. The highest BCUT2D eigenvalue weighted by atomic mass is 16.6. The van der Waals surface area contributed by atoms with Crippen molar-refractivity contribution in [2.45, 2.75) is 45.5 Å². The van der Waals surface area contributed by atoms with Crippen molar-refractivity contribution < 1.29 is 24.2 Å². The first-order valence-corrected chi connectivity index (χ1v) is 4.96. The quantitative estimate of drug-likeness (QED) is 0.684. The third-order valence-electron chi connectivity index (χ3n) is 2.31. The highest BCUT2D eigenvalue weighted by Gasteiger charge is 2.42. The molecule has 3 atom stereocenters. The van der Waals surface area contributed by atoms with Gasteiger partial charge in [0.1, 0.15) is 12.2 Å². The zero-order valence-electron chi connectivity index (χ0n) is 9.10. The summed E-state index contributed by atoms with van der Waals surface area (Å²) >= 11 is 0. The summed E-state index contributed by atoms with van der Waals surface area (Å²) in [4.78, 5) is 21.8. The molecule has 15 heavy (non-hydrogen) atoms. The molecule has 5 heteroatoms. The largest absolute Gasteiger partial charge is 0.458 e. The molecule has 1 saturated heterocycles. The number of carbonyl (C=O) groups is 2. The van der Waals surface area contributed by atoms with E-state index in [9.17, 15) is 14.7 Å². The third kappa shape index (κ3) is 2.92. The Morgan fingerprint density at radius 1 is 1.60 bits per heavy atom. The van der Waals surface area contributed by atoms with Crippen molar-refractivity contribution in [3.63, 3.8) is 0 Å². The molecule has 0 aromatic rings. The van der Waals surface area contributed by atoms with Crippen LogP contribution in [0.2, 0.25) is 0 Å². The molecular weight excluding hydrogens is 200 g/mol. The van der Waals surface area contributed by atoms with Crippen LogP contribution in [0.5, 0.6) is 0 Å². The predicted molar refractivity (Wildman–Crippen MR) is 50.9 cm³/mol. The lowest BCUT2D eigenvalue weighted by Crippen LogP contribution is -2.41. The van der Waals surface area contributed by atoms with Crippen molar-refractivity contribution >= 4 is 11.9 Å². The summed E-state index contributed by atoms with van der Waals surface area (Å²) in [5.74, 6) is -0.909. The van der Waals surface area contributed by atoms with E-state index in [1.807, 2.05) is 13.8 Å². The zero-order valence-corrected chi connectivity index (χ0v) is 9.10. The van der Waals surface area contributed by atoms with E-state index in [0.717, 1.165) is 0 Å². The second-order valence-corrected chi connectivity index (χ2v) is 4.04. The van der Waals surface area contributed by atoms with Crippen molar-refractivity contribution in [3.8, 4) is 0 Å². The Morgan fingerprint density at radius 2 is 2.20 bits per heavy atom. The normalized spacial score (nSPS) is 27.7. The van der Waals surface area contributed by atoms with Crippen LogP contribution in [-0.4, -0.2) is 35.4 Å². The van der Waals surface area contributed by atoms with Crippen LogP contribution >= 0.6 is 0 Å². The Labute approximate surface area is 88.4 Å². The molecular formula is C10H16O5. The summed E-state index contributed by atoms with van der Waals surface area (Å²) in [5.41, 5.74) is 0. The van der Waals surface area contributed by atoms with Crippen molar-refractivity contribution in [3.05, 3.63) is 0 Å². The molecule has 1 rings (SSSR count). The Bertz CT molecular complexity index is 261. The summed E-state index contributed by atoms with van der Waals surface area (Å²) in [6.45, 7) is 4.97. The average molecular weight is 216 g/mol. The zero-order chi connectivity index (χ0) is 11.6. The molecule has 0 unspecified atom stereocenters. The molecule has 1 aliphatic rings. The number of aliphatic hydroxyl groups excluding tert-OH is 1. The van der Waals surface area contributed by atoms with E-state index < -0.39 is 30.3 Å². The number of esters is 2. The van der Waals surface area contributed by atoms with Gasteiger partial charge in [-0.15, -0.1) is 0 Å². The smallest absolute Gasteiger partial charge is 0.309 e. The second-order valence-electron chi connectivity index (χ2n) is 4.04. The number of cyclic esters (lactones) is 1. The third-order valence-corrected chi connectivity index (χ3v) is 2.31. The van der Waals surface area contributed by atoms with Gasteiger partial charge < -0.3 is 14.6 Å². The lowest BCUT2D eigenvalue weighted by molar-refractivity contribution is -0.166. The molecule has 0 spiro atoms. The Hall–Kier alpha value is -1.10. The van der Waals surface area contributed by atoms with Crippen molar-refractivity contribution in [2.24, 2.45) is 5.92 Å². The van der Waals surface area contributed by atoms with Gasteiger partial charge in [0.25, 0.3) is 0 Å². The first kappa shape index (κ1) is 12.0. The van der Waals surface area contributed by atoms with Crippen LogP contribution in [-0.2, 0) is 19.1 Å². The molecule has 1 N–H and O–H groups in total. The van der Waals surface area contributed by atoms with Gasteiger partial charge in [-0.1, -0.05) is 13.8 Å². The van der Waals surface area contributed by atoms with Crippen LogP contribution in [0.1, 0.15) is 27.2 Å². The molecule has 0 radical (unpaired) electrons. The van der Waals surface area contributed by atoms with E-state index in [1.165, 1.54) is 6.92 Å². The summed E-state index contributed by atoms with van der Waals surface area (Å²) < 4.78 is 9.97. The molecule has 1 aliphatic heterocycles. The average Bonchev–Trinajstić information content (AvgIpc) is 2.40. The molecule has 0 aromatic carbocycles. The molecule has 0 amide bonds. The van der Waals surface area contributed by atoms with Crippen molar-refractivity contribution in [1.29, 1.82) is 0 Å².